The zero-order valence-corrected chi connectivity index (χ0v) is 12.8. The maximum atomic E-state index is 12.3. The van der Waals surface area contributed by atoms with Crippen LogP contribution < -0.4 is 0 Å². The van der Waals surface area contributed by atoms with Gasteiger partial charge in [-0.25, -0.2) is 0 Å². The van der Waals surface area contributed by atoms with E-state index in [1.54, 1.807) is 18.2 Å². The second-order valence-electron chi connectivity index (χ2n) is 5.50. The second kappa shape index (κ2) is 6.25. The Morgan fingerprint density at radius 1 is 1.37 bits per heavy atom. The molecular formula is C15H19Cl2NO. The van der Waals surface area contributed by atoms with Gasteiger partial charge in [0.15, 0.2) is 5.78 Å². The van der Waals surface area contributed by atoms with Gasteiger partial charge in [-0.3, -0.25) is 9.69 Å². The molecule has 1 aliphatic heterocycles. The van der Waals surface area contributed by atoms with E-state index in [4.69, 9.17) is 23.2 Å². The number of halogens is 2. The van der Waals surface area contributed by atoms with Gasteiger partial charge in [-0.1, -0.05) is 30.1 Å². The van der Waals surface area contributed by atoms with Crippen LogP contribution in [0.15, 0.2) is 18.2 Å². The Morgan fingerprint density at radius 2 is 2.11 bits per heavy atom. The van der Waals surface area contributed by atoms with E-state index in [1.807, 2.05) is 0 Å². The number of piperidine rings is 1. The Labute approximate surface area is 124 Å². The number of Topliss-reactive ketones (excluding diaryl/α,β-unsaturated/α-hetero) is 1. The summed E-state index contributed by atoms with van der Waals surface area (Å²) >= 11 is 11.9. The molecule has 1 aliphatic rings. The number of benzene rings is 1. The van der Waals surface area contributed by atoms with Crippen molar-refractivity contribution in [3.63, 3.8) is 0 Å². The highest BCUT2D eigenvalue weighted by Crippen LogP contribution is 2.24. The molecule has 0 aliphatic carbocycles. The van der Waals surface area contributed by atoms with Crippen molar-refractivity contribution in [2.75, 3.05) is 13.1 Å². The smallest absolute Gasteiger partial charge is 0.178 e. The van der Waals surface area contributed by atoms with Crippen LogP contribution in [0.25, 0.3) is 0 Å². The van der Waals surface area contributed by atoms with E-state index >= 15 is 0 Å². The van der Waals surface area contributed by atoms with Crippen LogP contribution >= 0.6 is 23.2 Å². The fourth-order valence-corrected chi connectivity index (χ4v) is 3.19. The number of ketones is 1. The molecule has 0 saturated carbocycles. The third-order valence-electron chi connectivity index (χ3n) is 3.85. The van der Waals surface area contributed by atoms with Crippen LogP contribution in [0.3, 0.4) is 0 Å². The summed E-state index contributed by atoms with van der Waals surface area (Å²) in [5, 5.41) is 0.997. The zero-order valence-electron chi connectivity index (χ0n) is 11.3. The minimum absolute atomic E-state index is 0.0723. The summed E-state index contributed by atoms with van der Waals surface area (Å²) in [5.74, 6) is 0.823. The maximum Gasteiger partial charge on any atom is 0.178 e. The summed E-state index contributed by atoms with van der Waals surface area (Å²) in [7, 11) is 0. The molecule has 1 aromatic rings. The lowest BCUT2D eigenvalue weighted by Crippen LogP contribution is -2.43. The standard InChI is InChI=1S/C15H19Cl2NO/c1-10-5-6-18(11(2)7-10)9-15(19)13-4-3-12(16)8-14(13)17/h3-4,8,10-11H,5-7,9H2,1-2H3. The van der Waals surface area contributed by atoms with Crippen LogP contribution in [0.1, 0.15) is 37.0 Å². The molecule has 1 saturated heterocycles. The van der Waals surface area contributed by atoms with Gasteiger partial charge in [0.2, 0.25) is 0 Å². The van der Waals surface area contributed by atoms with Gasteiger partial charge in [-0.2, -0.15) is 0 Å². The summed E-state index contributed by atoms with van der Waals surface area (Å²) < 4.78 is 0. The lowest BCUT2D eigenvalue weighted by atomic mass is 9.93. The molecule has 19 heavy (non-hydrogen) atoms. The average Bonchev–Trinajstić information content (AvgIpc) is 2.32. The Morgan fingerprint density at radius 3 is 2.74 bits per heavy atom. The molecule has 104 valence electrons. The third-order valence-corrected chi connectivity index (χ3v) is 4.40. The monoisotopic (exact) mass is 299 g/mol. The minimum atomic E-state index is 0.0723. The Balaban J connectivity index is 2.04. The molecule has 2 atom stereocenters. The zero-order chi connectivity index (χ0) is 14.0. The van der Waals surface area contributed by atoms with Crippen LogP contribution in [0, 0.1) is 5.92 Å². The highest BCUT2D eigenvalue weighted by atomic mass is 35.5. The number of hydrogen-bond donors (Lipinski definition) is 0. The van der Waals surface area contributed by atoms with E-state index in [2.05, 4.69) is 18.7 Å². The quantitative estimate of drug-likeness (QED) is 0.776. The molecule has 1 aromatic carbocycles. The van der Waals surface area contributed by atoms with Crippen molar-refractivity contribution in [1.82, 2.24) is 4.90 Å². The van der Waals surface area contributed by atoms with E-state index in [0.717, 1.165) is 25.3 Å². The van der Waals surface area contributed by atoms with Crippen molar-refractivity contribution in [3.8, 4) is 0 Å². The van der Waals surface area contributed by atoms with E-state index in [0.29, 0.717) is 28.2 Å². The van der Waals surface area contributed by atoms with Gasteiger partial charge in [0.25, 0.3) is 0 Å². The first-order valence-electron chi connectivity index (χ1n) is 6.69. The summed E-state index contributed by atoms with van der Waals surface area (Å²) in [6, 6.07) is 5.50. The van der Waals surface area contributed by atoms with Gasteiger partial charge in [-0.05, 0) is 50.4 Å². The van der Waals surface area contributed by atoms with Crippen molar-refractivity contribution >= 4 is 29.0 Å². The van der Waals surface area contributed by atoms with E-state index in [9.17, 15) is 4.79 Å². The summed E-state index contributed by atoms with van der Waals surface area (Å²) in [5.41, 5.74) is 0.567. The molecule has 4 heteroatoms. The van der Waals surface area contributed by atoms with E-state index in [1.165, 1.54) is 0 Å². The topological polar surface area (TPSA) is 20.3 Å². The lowest BCUT2D eigenvalue weighted by molar-refractivity contribution is 0.0816. The van der Waals surface area contributed by atoms with Gasteiger partial charge in [0.1, 0.15) is 0 Å². The molecule has 1 fully saturated rings. The fourth-order valence-electron chi connectivity index (χ4n) is 2.68. The largest absolute Gasteiger partial charge is 0.293 e. The van der Waals surface area contributed by atoms with Gasteiger partial charge < -0.3 is 0 Å². The molecule has 1 heterocycles. The average molecular weight is 300 g/mol. The number of rotatable bonds is 3. The van der Waals surface area contributed by atoms with Crippen LogP contribution in [0.5, 0.6) is 0 Å². The number of nitrogens with zero attached hydrogens (tertiary/aromatic N) is 1. The van der Waals surface area contributed by atoms with Gasteiger partial charge in [-0.15, -0.1) is 0 Å². The summed E-state index contributed by atoms with van der Waals surface area (Å²) in [6.45, 7) is 5.88. The molecule has 2 rings (SSSR count). The second-order valence-corrected chi connectivity index (χ2v) is 6.34. The first-order chi connectivity index (χ1) is 8.97. The van der Waals surface area contributed by atoms with E-state index in [-0.39, 0.29) is 5.78 Å². The molecule has 0 bridgehead atoms. The normalized spacial score (nSPS) is 24.4. The first kappa shape index (κ1) is 14.8. The van der Waals surface area contributed by atoms with Gasteiger partial charge in [0, 0.05) is 16.6 Å². The Bertz CT molecular complexity index is 475. The summed E-state index contributed by atoms with van der Waals surface area (Å²) in [6.07, 6.45) is 2.31. The van der Waals surface area contributed by atoms with Crippen molar-refractivity contribution < 1.29 is 4.79 Å². The molecule has 0 radical (unpaired) electrons. The first-order valence-corrected chi connectivity index (χ1v) is 7.45. The number of carbonyl (C=O) groups excluding carboxylic acids is 1. The van der Waals surface area contributed by atoms with Crippen molar-refractivity contribution in [1.29, 1.82) is 0 Å². The van der Waals surface area contributed by atoms with Crippen molar-refractivity contribution in [2.45, 2.75) is 32.7 Å². The summed E-state index contributed by atoms with van der Waals surface area (Å²) in [4.78, 5) is 14.5. The highest BCUT2D eigenvalue weighted by molar-refractivity contribution is 6.36. The minimum Gasteiger partial charge on any atom is -0.293 e. The maximum absolute atomic E-state index is 12.3. The molecule has 0 N–H and O–H groups in total. The predicted molar refractivity (Wildman–Crippen MR) is 80.2 cm³/mol. The van der Waals surface area contributed by atoms with Gasteiger partial charge >= 0.3 is 0 Å². The number of carbonyl (C=O) groups is 1. The molecule has 0 aromatic heterocycles. The number of likely N-dealkylation sites (tertiary alicyclic amines) is 1. The van der Waals surface area contributed by atoms with Crippen LogP contribution in [-0.4, -0.2) is 29.8 Å². The van der Waals surface area contributed by atoms with Gasteiger partial charge in [0.05, 0.1) is 11.6 Å². The molecular weight excluding hydrogens is 281 g/mol. The van der Waals surface area contributed by atoms with Crippen LogP contribution in [0.2, 0.25) is 10.0 Å². The van der Waals surface area contributed by atoms with Crippen molar-refractivity contribution in [3.05, 3.63) is 33.8 Å². The van der Waals surface area contributed by atoms with Crippen molar-refractivity contribution in [2.24, 2.45) is 5.92 Å². The molecule has 2 unspecified atom stereocenters. The third kappa shape index (κ3) is 3.71. The Kier molecular flexibility index (Phi) is 4.88. The SMILES string of the molecule is CC1CCN(CC(=O)c2ccc(Cl)cc2Cl)C(C)C1. The fraction of sp³-hybridized carbons (Fsp3) is 0.533. The predicted octanol–water partition coefficient (Wildman–Crippen LogP) is 4.30. The lowest BCUT2D eigenvalue weighted by Gasteiger charge is -2.36. The van der Waals surface area contributed by atoms with Crippen LogP contribution in [0.4, 0.5) is 0 Å². The molecule has 2 nitrogen and oxygen atoms in total. The number of hydrogen-bond acceptors (Lipinski definition) is 2. The van der Waals surface area contributed by atoms with E-state index < -0.39 is 0 Å². The molecule has 0 amide bonds. The Hall–Kier alpha value is -0.570. The molecule has 0 spiro atoms. The highest BCUT2D eigenvalue weighted by Gasteiger charge is 2.25. The van der Waals surface area contributed by atoms with Crippen LogP contribution in [-0.2, 0) is 0 Å².